The molecule has 0 aromatic heterocycles. The molecule has 3 rings (SSSR count). The number of halogens is 1. The maximum Gasteiger partial charge on any atom is 0.255 e. The standard InChI is InChI=1S/C19H21ClN2O4S/c1-21(14-15-5-3-2-4-6-15)27(24,25)16-7-8-18(20)17(13-16)19(23)22-9-11-26-12-10-22/h2-8,13H,9-12,14H2,1H3. The molecule has 0 spiro atoms. The summed E-state index contributed by atoms with van der Waals surface area (Å²) in [4.78, 5) is 14.4. The Hall–Kier alpha value is -1.93. The quantitative estimate of drug-likeness (QED) is 0.762. The Labute approximate surface area is 164 Å². The highest BCUT2D eigenvalue weighted by molar-refractivity contribution is 7.89. The van der Waals surface area contributed by atoms with E-state index in [4.69, 9.17) is 16.3 Å². The number of morpholine rings is 1. The second kappa shape index (κ2) is 8.39. The number of hydrogen-bond donors (Lipinski definition) is 0. The molecule has 1 saturated heterocycles. The monoisotopic (exact) mass is 408 g/mol. The molecule has 1 amide bonds. The number of sulfonamides is 1. The van der Waals surface area contributed by atoms with Gasteiger partial charge in [0.15, 0.2) is 0 Å². The van der Waals surface area contributed by atoms with Crippen LogP contribution in [0, 0.1) is 0 Å². The van der Waals surface area contributed by atoms with Crippen molar-refractivity contribution in [2.24, 2.45) is 0 Å². The van der Waals surface area contributed by atoms with Crippen LogP contribution in [0.5, 0.6) is 0 Å². The summed E-state index contributed by atoms with van der Waals surface area (Å²) in [5, 5.41) is 0.233. The first-order valence-electron chi connectivity index (χ1n) is 8.56. The molecule has 1 fully saturated rings. The van der Waals surface area contributed by atoms with Crippen molar-refractivity contribution in [2.75, 3.05) is 33.4 Å². The summed E-state index contributed by atoms with van der Waals surface area (Å²) < 4.78 is 32.4. The lowest BCUT2D eigenvalue weighted by molar-refractivity contribution is 0.0303. The van der Waals surface area contributed by atoms with Crippen molar-refractivity contribution in [2.45, 2.75) is 11.4 Å². The summed E-state index contributed by atoms with van der Waals surface area (Å²) in [6, 6.07) is 13.6. The zero-order valence-corrected chi connectivity index (χ0v) is 16.5. The zero-order valence-electron chi connectivity index (χ0n) is 15.0. The fraction of sp³-hybridized carbons (Fsp3) is 0.316. The highest BCUT2D eigenvalue weighted by Gasteiger charge is 2.26. The molecule has 8 heteroatoms. The first kappa shape index (κ1) is 19.8. The number of benzene rings is 2. The lowest BCUT2D eigenvalue weighted by Gasteiger charge is -2.27. The molecule has 6 nitrogen and oxygen atoms in total. The van der Waals surface area contributed by atoms with Crippen LogP contribution in [-0.4, -0.2) is 56.9 Å². The van der Waals surface area contributed by atoms with Gasteiger partial charge in [-0.05, 0) is 23.8 Å². The summed E-state index contributed by atoms with van der Waals surface area (Å²) in [7, 11) is -2.25. The fourth-order valence-electron chi connectivity index (χ4n) is 2.87. The van der Waals surface area contributed by atoms with Crippen LogP contribution in [0.3, 0.4) is 0 Å². The van der Waals surface area contributed by atoms with Crippen molar-refractivity contribution in [3.8, 4) is 0 Å². The number of nitrogens with zero attached hydrogens (tertiary/aromatic N) is 2. The van der Waals surface area contributed by atoms with E-state index in [2.05, 4.69) is 0 Å². The van der Waals surface area contributed by atoms with Gasteiger partial charge in [0, 0.05) is 26.7 Å². The molecule has 0 saturated carbocycles. The Kier molecular flexibility index (Phi) is 6.16. The normalized spacial score (nSPS) is 15.1. The Morgan fingerprint density at radius 3 is 2.48 bits per heavy atom. The van der Waals surface area contributed by atoms with Gasteiger partial charge in [-0.3, -0.25) is 4.79 Å². The number of ether oxygens (including phenoxy) is 1. The second-order valence-corrected chi connectivity index (χ2v) is 8.74. The zero-order chi connectivity index (χ0) is 19.4. The van der Waals surface area contributed by atoms with Gasteiger partial charge in [0.1, 0.15) is 0 Å². The maximum absolute atomic E-state index is 12.9. The lowest BCUT2D eigenvalue weighted by atomic mass is 10.2. The summed E-state index contributed by atoms with van der Waals surface area (Å²) >= 11 is 6.18. The van der Waals surface area contributed by atoms with Gasteiger partial charge < -0.3 is 9.64 Å². The molecule has 0 N–H and O–H groups in total. The summed E-state index contributed by atoms with van der Waals surface area (Å²) in [6.07, 6.45) is 0. The molecule has 0 radical (unpaired) electrons. The number of carbonyl (C=O) groups is 1. The molecule has 1 aliphatic heterocycles. The highest BCUT2D eigenvalue weighted by Crippen LogP contribution is 2.25. The number of rotatable bonds is 5. The van der Waals surface area contributed by atoms with E-state index < -0.39 is 10.0 Å². The smallest absolute Gasteiger partial charge is 0.255 e. The molecule has 0 bridgehead atoms. The number of amides is 1. The molecule has 0 aliphatic carbocycles. The molecule has 1 heterocycles. The van der Waals surface area contributed by atoms with Crippen LogP contribution in [0.4, 0.5) is 0 Å². The minimum atomic E-state index is -3.76. The molecule has 0 atom stereocenters. The van der Waals surface area contributed by atoms with Crippen LogP contribution in [0.2, 0.25) is 5.02 Å². The van der Waals surface area contributed by atoms with Crippen molar-refractivity contribution in [3.63, 3.8) is 0 Å². The summed E-state index contributed by atoms with van der Waals surface area (Å²) in [5.41, 5.74) is 1.06. The van der Waals surface area contributed by atoms with E-state index in [1.54, 1.807) is 4.90 Å². The molecule has 144 valence electrons. The Morgan fingerprint density at radius 2 is 1.81 bits per heavy atom. The first-order chi connectivity index (χ1) is 12.9. The highest BCUT2D eigenvalue weighted by atomic mass is 35.5. The van der Waals surface area contributed by atoms with Gasteiger partial charge in [-0.15, -0.1) is 0 Å². The van der Waals surface area contributed by atoms with E-state index in [-0.39, 0.29) is 27.9 Å². The van der Waals surface area contributed by atoms with Gasteiger partial charge in [-0.1, -0.05) is 41.9 Å². The van der Waals surface area contributed by atoms with Gasteiger partial charge in [-0.2, -0.15) is 4.31 Å². The van der Waals surface area contributed by atoms with Gasteiger partial charge in [0.05, 0.1) is 28.7 Å². The first-order valence-corrected chi connectivity index (χ1v) is 10.4. The predicted octanol–water partition coefficient (Wildman–Crippen LogP) is 2.63. The van der Waals surface area contributed by atoms with E-state index in [1.807, 2.05) is 30.3 Å². The third-order valence-corrected chi connectivity index (χ3v) is 6.55. The average molecular weight is 409 g/mol. The lowest BCUT2D eigenvalue weighted by Crippen LogP contribution is -2.40. The van der Waals surface area contributed by atoms with E-state index >= 15 is 0 Å². The van der Waals surface area contributed by atoms with Crippen LogP contribution < -0.4 is 0 Å². The minimum Gasteiger partial charge on any atom is -0.378 e. The van der Waals surface area contributed by atoms with Gasteiger partial charge in [0.2, 0.25) is 10.0 Å². The Morgan fingerprint density at radius 1 is 1.15 bits per heavy atom. The van der Waals surface area contributed by atoms with Crippen molar-refractivity contribution in [1.82, 2.24) is 9.21 Å². The van der Waals surface area contributed by atoms with Gasteiger partial charge in [0.25, 0.3) is 5.91 Å². The van der Waals surface area contributed by atoms with Crippen LogP contribution in [0.15, 0.2) is 53.4 Å². The van der Waals surface area contributed by atoms with Crippen LogP contribution in [0.25, 0.3) is 0 Å². The molecular formula is C19H21ClN2O4S. The number of carbonyl (C=O) groups excluding carboxylic acids is 1. The third-order valence-electron chi connectivity index (χ3n) is 4.42. The van der Waals surface area contributed by atoms with Crippen molar-refractivity contribution in [1.29, 1.82) is 0 Å². The Balaban J connectivity index is 1.86. The largest absolute Gasteiger partial charge is 0.378 e. The molecule has 1 aliphatic rings. The molecule has 27 heavy (non-hydrogen) atoms. The van der Waals surface area contributed by atoms with E-state index in [9.17, 15) is 13.2 Å². The third kappa shape index (κ3) is 4.50. The predicted molar refractivity (Wildman–Crippen MR) is 103 cm³/mol. The molecule has 2 aromatic rings. The Bertz CT molecular complexity index is 913. The van der Waals surface area contributed by atoms with Crippen LogP contribution >= 0.6 is 11.6 Å². The molecule has 2 aromatic carbocycles. The summed E-state index contributed by atoms with van der Waals surface area (Å²) in [6.45, 7) is 2.07. The van der Waals surface area contributed by atoms with Crippen LogP contribution in [0.1, 0.15) is 15.9 Å². The average Bonchev–Trinajstić information content (AvgIpc) is 2.69. The maximum atomic E-state index is 12.9. The van der Waals surface area contributed by atoms with Crippen LogP contribution in [-0.2, 0) is 21.3 Å². The van der Waals surface area contributed by atoms with Crippen molar-refractivity contribution < 1.29 is 17.9 Å². The second-order valence-electron chi connectivity index (χ2n) is 6.29. The fourth-order valence-corrected chi connectivity index (χ4v) is 4.26. The minimum absolute atomic E-state index is 0.0435. The number of hydrogen-bond acceptors (Lipinski definition) is 4. The van der Waals surface area contributed by atoms with Crippen molar-refractivity contribution >= 4 is 27.5 Å². The topological polar surface area (TPSA) is 66.9 Å². The van der Waals surface area contributed by atoms with E-state index in [0.717, 1.165) is 5.56 Å². The van der Waals surface area contributed by atoms with E-state index in [1.165, 1.54) is 29.6 Å². The molecule has 0 unspecified atom stereocenters. The SMILES string of the molecule is CN(Cc1ccccc1)S(=O)(=O)c1ccc(Cl)c(C(=O)N2CCOCC2)c1. The molecular weight excluding hydrogens is 388 g/mol. The van der Waals surface area contributed by atoms with Gasteiger partial charge >= 0.3 is 0 Å². The summed E-state index contributed by atoms with van der Waals surface area (Å²) in [5.74, 6) is -0.286. The van der Waals surface area contributed by atoms with Gasteiger partial charge in [-0.25, -0.2) is 8.42 Å². The van der Waals surface area contributed by atoms with Crippen molar-refractivity contribution in [3.05, 3.63) is 64.7 Å². The van der Waals surface area contributed by atoms with E-state index in [0.29, 0.717) is 26.3 Å².